The zero-order valence-electron chi connectivity index (χ0n) is 8.61. The van der Waals surface area contributed by atoms with Crippen LogP contribution in [0.15, 0.2) is 42.5 Å². The van der Waals surface area contributed by atoms with Crippen molar-refractivity contribution in [2.45, 2.75) is 12.8 Å². The maximum absolute atomic E-state index is 11.5. The van der Waals surface area contributed by atoms with Crippen LogP contribution in [-0.4, -0.2) is 12.6 Å². The van der Waals surface area contributed by atoms with Crippen molar-refractivity contribution in [3.05, 3.63) is 48.0 Å². The third-order valence-electron chi connectivity index (χ3n) is 2.61. The van der Waals surface area contributed by atoms with Crippen LogP contribution in [0.25, 0.3) is 0 Å². The molecule has 0 amide bonds. The highest BCUT2D eigenvalue weighted by atomic mass is 16.5. The molecule has 0 radical (unpaired) electrons. The summed E-state index contributed by atoms with van der Waals surface area (Å²) in [6.45, 7) is 4.26. The zero-order chi connectivity index (χ0) is 10.7. The maximum atomic E-state index is 11.5. The summed E-state index contributed by atoms with van der Waals surface area (Å²) in [5.41, 5.74) is 2.18. The molecule has 1 aromatic rings. The molecule has 0 saturated carbocycles. The quantitative estimate of drug-likeness (QED) is 0.543. The van der Waals surface area contributed by atoms with Gasteiger partial charge in [-0.05, 0) is 24.0 Å². The minimum atomic E-state index is -0.0914. The summed E-state index contributed by atoms with van der Waals surface area (Å²) in [6.07, 6.45) is 1.51. The molecule has 0 bridgehead atoms. The van der Waals surface area contributed by atoms with E-state index in [1.165, 1.54) is 5.56 Å². The molecule has 2 nitrogen and oxygen atoms in total. The van der Waals surface area contributed by atoms with Gasteiger partial charge in [-0.25, -0.2) is 0 Å². The average molecular weight is 202 g/mol. The molecule has 1 saturated heterocycles. The number of esters is 1. The monoisotopic (exact) mass is 202 g/mol. The van der Waals surface area contributed by atoms with Crippen LogP contribution in [0.5, 0.6) is 0 Å². The van der Waals surface area contributed by atoms with Crippen molar-refractivity contribution in [1.82, 2.24) is 0 Å². The molecule has 78 valence electrons. The van der Waals surface area contributed by atoms with Gasteiger partial charge in [-0.15, -0.1) is 0 Å². The molecule has 2 rings (SSSR count). The molecule has 1 aliphatic rings. The van der Waals surface area contributed by atoms with Crippen molar-refractivity contribution in [2.24, 2.45) is 5.92 Å². The van der Waals surface area contributed by atoms with Crippen molar-refractivity contribution in [1.29, 1.82) is 0 Å². The minimum absolute atomic E-state index is 0.0475. The Morgan fingerprint density at radius 2 is 2.07 bits per heavy atom. The summed E-state index contributed by atoms with van der Waals surface area (Å²) < 4.78 is 5.04. The fourth-order valence-electron chi connectivity index (χ4n) is 1.84. The summed E-state index contributed by atoms with van der Waals surface area (Å²) in [4.78, 5) is 11.5. The van der Waals surface area contributed by atoms with E-state index in [0.29, 0.717) is 6.61 Å². The van der Waals surface area contributed by atoms with Crippen LogP contribution in [0.3, 0.4) is 0 Å². The number of carbonyl (C=O) groups is 1. The van der Waals surface area contributed by atoms with E-state index in [1.54, 1.807) is 0 Å². The number of cyclic esters (lactones) is 1. The summed E-state index contributed by atoms with van der Waals surface area (Å²) in [5, 5.41) is 0. The molecule has 1 atom stereocenters. The molecule has 15 heavy (non-hydrogen) atoms. The van der Waals surface area contributed by atoms with Crippen molar-refractivity contribution in [3.8, 4) is 0 Å². The summed E-state index contributed by atoms with van der Waals surface area (Å²) in [6, 6.07) is 10.0. The van der Waals surface area contributed by atoms with Crippen LogP contribution in [0.4, 0.5) is 0 Å². The lowest BCUT2D eigenvalue weighted by Crippen LogP contribution is -2.27. The van der Waals surface area contributed by atoms with Gasteiger partial charge < -0.3 is 4.74 Å². The Morgan fingerprint density at radius 1 is 1.33 bits per heavy atom. The van der Waals surface area contributed by atoms with Gasteiger partial charge in [0.25, 0.3) is 0 Å². The molecular weight excluding hydrogens is 188 g/mol. The van der Waals surface area contributed by atoms with Gasteiger partial charge in [0.1, 0.15) is 6.61 Å². The minimum Gasteiger partial charge on any atom is -0.461 e. The van der Waals surface area contributed by atoms with Gasteiger partial charge in [-0.2, -0.15) is 0 Å². The zero-order valence-corrected chi connectivity index (χ0v) is 8.61. The number of carbonyl (C=O) groups excluding carboxylic acids is 1. The molecule has 0 N–H and O–H groups in total. The Kier molecular flexibility index (Phi) is 2.86. The van der Waals surface area contributed by atoms with Crippen molar-refractivity contribution < 1.29 is 9.53 Å². The molecule has 1 unspecified atom stereocenters. The molecular formula is C13H14O2. The van der Waals surface area contributed by atoms with Crippen LogP contribution >= 0.6 is 0 Å². The lowest BCUT2D eigenvalue weighted by Gasteiger charge is -2.22. The molecule has 1 fully saturated rings. The van der Waals surface area contributed by atoms with Gasteiger partial charge in [0.2, 0.25) is 0 Å². The molecule has 2 heteroatoms. The Balaban J connectivity index is 2.05. The first-order chi connectivity index (χ1) is 7.25. The Morgan fingerprint density at radius 3 is 2.80 bits per heavy atom. The van der Waals surface area contributed by atoms with E-state index in [0.717, 1.165) is 18.4 Å². The molecule has 0 aliphatic carbocycles. The molecule has 0 spiro atoms. The largest absolute Gasteiger partial charge is 0.461 e. The Labute approximate surface area is 89.6 Å². The fourth-order valence-corrected chi connectivity index (χ4v) is 1.84. The summed E-state index contributed by atoms with van der Waals surface area (Å²) >= 11 is 0. The smallest absolute Gasteiger partial charge is 0.309 e. The number of hydrogen-bond acceptors (Lipinski definition) is 2. The highest BCUT2D eigenvalue weighted by Gasteiger charge is 2.25. The fraction of sp³-hybridized carbons (Fsp3) is 0.308. The third-order valence-corrected chi connectivity index (χ3v) is 2.61. The maximum Gasteiger partial charge on any atom is 0.309 e. The topological polar surface area (TPSA) is 26.3 Å². The standard InChI is InChI=1S/C13H14O2/c1-10-7-12(13(14)15-9-10)8-11-5-3-2-4-6-11/h2-6,12H,1,7-9H2. The van der Waals surface area contributed by atoms with Crippen LogP contribution < -0.4 is 0 Å². The number of rotatable bonds is 2. The van der Waals surface area contributed by atoms with Gasteiger partial charge in [-0.3, -0.25) is 4.79 Å². The normalized spacial score (nSPS) is 21.2. The van der Waals surface area contributed by atoms with Crippen LogP contribution in [0.2, 0.25) is 0 Å². The van der Waals surface area contributed by atoms with E-state index in [-0.39, 0.29) is 11.9 Å². The first-order valence-corrected chi connectivity index (χ1v) is 5.13. The van der Waals surface area contributed by atoms with E-state index in [4.69, 9.17) is 4.74 Å². The van der Waals surface area contributed by atoms with Gasteiger partial charge in [0.15, 0.2) is 0 Å². The summed E-state index contributed by atoms with van der Waals surface area (Å²) in [5.74, 6) is -0.139. The third kappa shape index (κ3) is 2.46. The first-order valence-electron chi connectivity index (χ1n) is 5.13. The number of ether oxygens (including phenoxy) is 1. The van der Waals surface area contributed by atoms with E-state index < -0.39 is 0 Å². The lowest BCUT2D eigenvalue weighted by atomic mass is 9.92. The van der Waals surface area contributed by atoms with E-state index in [9.17, 15) is 4.79 Å². The SMILES string of the molecule is C=C1COC(=O)C(Cc2ccccc2)C1. The lowest BCUT2D eigenvalue weighted by molar-refractivity contribution is -0.150. The van der Waals surface area contributed by atoms with Crippen molar-refractivity contribution >= 4 is 5.97 Å². The van der Waals surface area contributed by atoms with Gasteiger partial charge in [-0.1, -0.05) is 36.9 Å². The van der Waals surface area contributed by atoms with Crippen molar-refractivity contribution in [2.75, 3.05) is 6.61 Å². The van der Waals surface area contributed by atoms with E-state index in [1.807, 2.05) is 30.3 Å². The molecule has 1 heterocycles. The summed E-state index contributed by atoms with van der Waals surface area (Å²) in [7, 11) is 0. The van der Waals surface area contributed by atoms with Crippen LogP contribution in [0, 0.1) is 5.92 Å². The predicted molar refractivity (Wildman–Crippen MR) is 58.4 cm³/mol. The Hall–Kier alpha value is -1.57. The second-order valence-corrected chi connectivity index (χ2v) is 3.95. The van der Waals surface area contributed by atoms with E-state index in [2.05, 4.69) is 6.58 Å². The molecule has 0 aromatic heterocycles. The van der Waals surface area contributed by atoms with Gasteiger partial charge in [0, 0.05) is 0 Å². The van der Waals surface area contributed by atoms with Gasteiger partial charge >= 0.3 is 5.97 Å². The Bertz CT molecular complexity index is 367. The molecule has 1 aromatic carbocycles. The van der Waals surface area contributed by atoms with Crippen molar-refractivity contribution in [3.63, 3.8) is 0 Å². The predicted octanol–water partition coefficient (Wildman–Crippen LogP) is 2.35. The number of hydrogen-bond donors (Lipinski definition) is 0. The average Bonchev–Trinajstić information content (AvgIpc) is 2.25. The van der Waals surface area contributed by atoms with Crippen LogP contribution in [-0.2, 0) is 16.0 Å². The van der Waals surface area contributed by atoms with Gasteiger partial charge in [0.05, 0.1) is 5.92 Å². The first kappa shape index (κ1) is 9.97. The second kappa shape index (κ2) is 4.30. The van der Waals surface area contributed by atoms with E-state index >= 15 is 0 Å². The molecule has 1 aliphatic heterocycles. The van der Waals surface area contributed by atoms with Crippen LogP contribution in [0.1, 0.15) is 12.0 Å². The highest BCUT2D eigenvalue weighted by molar-refractivity contribution is 5.74. The second-order valence-electron chi connectivity index (χ2n) is 3.95. The highest BCUT2D eigenvalue weighted by Crippen LogP contribution is 2.22. The number of benzene rings is 1.